The second-order valence-electron chi connectivity index (χ2n) is 6.70. The summed E-state index contributed by atoms with van der Waals surface area (Å²) in [6, 6.07) is 6.29. The lowest BCUT2D eigenvalue weighted by Gasteiger charge is -2.33. The smallest absolute Gasteiger partial charge is 0.234 e. The maximum absolute atomic E-state index is 12.2. The number of aliphatic hydroxyl groups excluding tert-OH is 1. The third kappa shape index (κ3) is 4.31. The number of nitrogens with zero attached hydrogens (tertiary/aromatic N) is 1. The van der Waals surface area contributed by atoms with Crippen LogP contribution in [0.3, 0.4) is 0 Å². The zero-order valence-corrected chi connectivity index (χ0v) is 14.1. The van der Waals surface area contributed by atoms with Gasteiger partial charge in [0.2, 0.25) is 5.91 Å². The molecule has 0 spiro atoms. The lowest BCUT2D eigenvalue weighted by molar-refractivity contribution is -0.123. The van der Waals surface area contributed by atoms with E-state index < -0.39 is 0 Å². The fourth-order valence-electron chi connectivity index (χ4n) is 2.87. The van der Waals surface area contributed by atoms with Gasteiger partial charge in [-0.25, -0.2) is 0 Å². The first kappa shape index (κ1) is 17.0. The molecule has 0 aliphatic carbocycles. The van der Waals surface area contributed by atoms with E-state index in [1.54, 1.807) is 0 Å². The molecule has 122 valence electrons. The largest absolute Gasteiger partial charge is 0.392 e. The molecule has 3 unspecified atom stereocenters. The molecule has 1 fully saturated rings. The van der Waals surface area contributed by atoms with Gasteiger partial charge in [-0.05, 0) is 56.3 Å². The number of aliphatic hydroxyl groups is 1. The van der Waals surface area contributed by atoms with Crippen LogP contribution in [0, 0.1) is 19.8 Å². The number of rotatable bonds is 4. The van der Waals surface area contributed by atoms with Gasteiger partial charge in [0.1, 0.15) is 0 Å². The summed E-state index contributed by atoms with van der Waals surface area (Å²) >= 11 is 0. The van der Waals surface area contributed by atoms with E-state index in [1.165, 1.54) is 11.1 Å². The Morgan fingerprint density at radius 3 is 2.77 bits per heavy atom. The summed E-state index contributed by atoms with van der Waals surface area (Å²) < 4.78 is 0. The van der Waals surface area contributed by atoms with Gasteiger partial charge in [-0.2, -0.15) is 0 Å². The highest BCUT2D eigenvalue weighted by Gasteiger charge is 2.25. The van der Waals surface area contributed by atoms with Crippen LogP contribution in [-0.2, 0) is 4.79 Å². The van der Waals surface area contributed by atoms with Crippen molar-refractivity contribution in [3.63, 3.8) is 0 Å². The van der Waals surface area contributed by atoms with Crippen LogP contribution in [-0.4, -0.2) is 41.7 Å². The normalized spacial score (nSPS) is 24.0. The van der Waals surface area contributed by atoms with Gasteiger partial charge in [-0.3, -0.25) is 9.69 Å². The lowest BCUT2D eigenvalue weighted by Crippen LogP contribution is -2.47. The van der Waals surface area contributed by atoms with Gasteiger partial charge in [0.15, 0.2) is 0 Å². The Bertz CT molecular complexity index is 530. The van der Waals surface area contributed by atoms with Crippen molar-refractivity contribution in [2.45, 2.75) is 46.3 Å². The molecule has 4 nitrogen and oxygen atoms in total. The van der Waals surface area contributed by atoms with E-state index in [0.29, 0.717) is 19.0 Å². The van der Waals surface area contributed by atoms with Gasteiger partial charge in [-0.1, -0.05) is 25.1 Å². The molecule has 1 aromatic rings. The van der Waals surface area contributed by atoms with Crippen LogP contribution in [0.5, 0.6) is 0 Å². The fraction of sp³-hybridized carbons (Fsp3) is 0.611. The molecule has 3 atom stereocenters. The molecule has 0 saturated carbocycles. The van der Waals surface area contributed by atoms with Crippen LogP contribution < -0.4 is 5.32 Å². The average Bonchev–Trinajstić information content (AvgIpc) is 2.45. The number of carbonyl (C=O) groups excluding carboxylic acids is 1. The standard InChI is InChI=1S/C18H28N2O2/c1-12-5-6-16(9-14(12)3)15(4)19-18(22)11-20-8-7-13(2)17(21)10-20/h5-6,9,13,15,17,21H,7-8,10-11H2,1-4H3,(H,19,22). The zero-order chi connectivity index (χ0) is 16.3. The first-order chi connectivity index (χ1) is 10.4. The summed E-state index contributed by atoms with van der Waals surface area (Å²) in [5.74, 6) is 0.348. The number of amides is 1. The monoisotopic (exact) mass is 304 g/mol. The van der Waals surface area contributed by atoms with Crippen LogP contribution >= 0.6 is 0 Å². The second-order valence-corrected chi connectivity index (χ2v) is 6.70. The molecule has 1 aliphatic heterocycles. The second kappa shape index (κ2) is 7.25. The molecule has 0 bridgehead atoms. The maximum Gasteiger partial charge on any atom is 0.234 e. The summed E-state index contributed by atoms with van der Waals surface area (Å²) in [5, 5.41) is 13.0. The molecule has 0 aromatic heterocycles. The molecule has 22 heavy (non-hydrogen) atoms. The number of carbonyl (C=O) groups is 1. The van der Waals surface area contributed by atoms with Crippen molar-refractivity contribution in [2.75, 3.05) is 19.6 Å². The van der Waals surface area contributed by atoms with Crippen LogP contribution in [0.4, 0.5) is 0 Å². The van der Waals surface area contributed by atoms with Crippen molar-refractivity contribution in [1.29, 1.82) is 0 Å². The number of piperidine rings is 1. The highest BCUT2D eigenvalue weighted by atomic mass is 16.3. The predicted molar refractivity (Wildman–Crippen MR) is 88.7 cm³/mol. The molecular formula is C18H28N2O2. The summed E-state index contributed by atoms with van der Waals surface area (Å²) in [7, 11) is 0. The van der Waals surface area contributed by atoms with Crippen molar-refractivity contribution in [2.24, 2.45) is 5.92 Å². The highest BCUT2D eigenvalue weighted by molar-refractivity contribution is 5.78. The summed E-state index contributed by atoms with van der Waals surface area (Å²) in [4.78, 5) is 14.2. The summed E-state index contributed by atoms with van der Waals surface area (Å²) in [6.07, 6.45) is 0.625. The van der Waals surface area contributed by atoms with E-state index in [2.05, 4.69) is 44.3 Å². The van der Waals surface area contributed by atoms with E-state index in [1.807, 2.05) is 11.8 Å². The van der Waals surface area contributed by atoms with Gasteiger partial charge in [0.05, 0.1) is 18.7 Å². The van der Waals surface area contributed by atoms with E-state index in [-0.39, 0.29) is 18.1 Å². The van der Waals surface area contributed by atoms with E-state index >= 15 is 0 Å². The third-order valence-electron chi connectivity index (χ3n) is 4.78. The average molecular weight is 304 g/mol. The van der Waals surface area contributed by atoms with Crippen molar-refractivity contribution in [3.05, 3.63) is 34.9 Å². The van der Waals surface area contributed by atoms with E-state index in [9.17, 15) is 9.90 Å². The number of hydrogen-bond acceptors (Lipinski definition) is 3. The minimum Gasteiger partial charge on any atom is -0.392 e. The minimum atomic E-state index is -0.321. The molecule has 4 heteroatoms. The first-order valence-electron chi connectivity index (χ1n) is 8.13. The molecule has 2 rings (SSSR count). The van der Waals surface area contributed by atoms with Crippen LogP contribution in [0.2, 0.25) is 0 Å². The van der Waals surface area contributed by atoms with Crippen LogP contribution in [0.1, 0.15) is 43.0 Å². The first-order valence-corrected chi connectivity index (χ1v) is 8.13. The highest BCUT2D eigenvalue weighted by Crippen LogP contribution is 2.18. The molecule has 1 aliphatic rings. The number of β-amino-alcohol motifs (C(OH)–C–C–N with tert-alkyl or cyclic N) is 1. The van der Waals surface area contributed by atoms with E-state index in [0.717, 1.165) is 18.5 Å². The number of likely N-dealkylation sites (tertiary alicyclic amines) is 1. The quantitative estimate of drug-likeness (QED) is 0.896. The Morgan fingerprint density at radius 2 is 2.14 bits per heavy atom. The fourth-order valence-corrected chi connectivity index (χ4v) is 2.87. The van der Waals surface area contributed by atoms with E-state index in [4.69, 9.17) is 0 Å². The molecule has 1 aromatic carbocycles. The van der Waals surface area contributed by atoms with Gasteiger partial charge in [0, 0.05) is 6.54 Å². The van der Waals surface area contributed by atoms with Crippen molar-refractivity contribution < 1.29 is 9.90 Å². The Balaban J connectivity index is 1.87. The number of benzene rings is 1. The number of nitrogens with one attached hydrogen (secondary N) is 1. The topological polar surface area (TPSA) is 52.6 Å². The molecular weight excluding hydrogens is 276 g/mol. The maximum atomic E-state index is 12.2. The van der Waals surface area contributed by atoms with Gasteiger partial charge in [-0.15, -0.1) is 0 Å². The van der Waals surface area contributed by atoms with Gasteiger partial charge < -0.3 is 10.4 Å². The summed E-state index contributed by atoms with van der Waals surface area (Å²) in [5.41, 5.74) is 3.63. The molecule has 2 N–H and O–H groups in total. The summed E-state index contributed by atoms with van der Waals surface area (Å²) in [6.45, 7) is 10.1. The molecule has 1 heterocycles. The number of aryl methyl sites for hydroxylation is 2. The molecule has 1 saturated heterocycles. The lowest BCUT2D eigenvalue weighted by atomic mass is 9.96. The third-order valence-corrected chi connectivity index (χ3v) is 4.78. The minimum absolute atomic E-state index is 0.000405. The van der Waals surface area contributed by atoms with Crippen LogP contribution in [0.25, 0.3) is 0 Å². The van der Waals surface area contributed by atoms with Crippen molar-refractivity contribution >= 4 is 5.91 Å². The molecule has 1 amide bonds. The van der Waals surface area contributed by atoms with Crippen molar-refractivity contribution in [3.8, 4) is 0 Å². The van der Waals surface area contributed by atoms with Gasteiger partial charge in [0.25, 0.3) is 0 Å². The van der Waals surface area contributed by atoms with Gasteiger partial charge >= 0.3 is 0 Å². The number of hydrogen-bond donors (Lipinski definition) is 2. The SMILES string of the molecule is Cc1ccc(C(C)NC(=O)CN2CCC(C)C(O)C2)cc1C. The van der Waals surface area contributed by atoms with Crippen LogP contribution in [0.15, 0.2) is 18.2 Å². The zero-order valence-electron chi connectivity index (χ0n) is 14.1. The Labute approximate surface area is 133 Å². The Morgan fingerprint density at radius 1 is 1.41 bits per heavy atom. The van der Waals surface area contributed by atoms with Crippen molar-refractivity contribution in [1.82, 2.24) is 10.2 Å². The predicted octanol–water partition coefficient (Wildman–Crippen LogP) is 2.18. The Hall–Kier alpha value is -1.39. The molecule has 0 radical (unpaired) electrons. The Kier molecular flexibility index (Phi) is 5.59.